The van der Waals surface area contributed by atoms with E-state index < -0.39 is 0 Å². The van der Waals surface area contributed by atoms with Crippen LogP contribution in [-0.2, 0) is 19.9 Å². The Labute approximate surface area is 148 Å². The van der Waals surface area contributed by atoms with Crippen molar-refractivity contribution in [3.8, 4) is 0 Å². The number of nitrogens with zero attached hydrogens (tertiary/aromatic N) is 3. The maximum atomic E-state index is 12.5. The fourth-order valence-electron chi connectivity index (χ4n) is 5.24. The maximum Gasteiger partial charge on any atom is 0.253 e. The quantitative estimate of drug-likeness (QED) is 0.913. The summed E-state index contributed by atoms with van der Waals surface area (Å²) < 4.78 is 1.91. The third-order valence-corrected chi connectivity index (χ3v) is 6.75. The summed E-state index contributed by atoms with van der Waals surface area (Å²) in [4.78, 5) is 18.4. The molecule has 0 aromatic carbocycles. The molecule has 3 aliphatic rings. The maximum absolute atomic E-state index is 12.5. The molecule has 1 atom stereocenters. The van der Waals surface area contributed by atoms with E-state index >= 15 is 0 Å². The Morgan fingerprint density at radius 1 is 1.00 bits per heavy atom. The summed E-state index contributed by atoms with van der Waals surface area (Å²) in [5.41, 5.74) is 4.60. The molecule has 0 amide bonds. The van der Waals surface area contributed by atoms with E-state index in [0.717, 1.165) is 36.5 Å². The molecule has 25 heavy (non-hydrogen) atoms. The van der Waals surface area contributed by atoms with Crippen LogP contribution >= 0.6 is 0 Å². The molecule has 2 aromatic rings. The van der Waals surface area contributed by atoms with E-state index in [9.17, 15) is 4.79 Å². The van der Waals surface area contributed by atoms with Gasteiger partial charge in [0.2, 0.25) is 0 Å². The van der Waals surface area contributed by atoms with Crippen LogP contribution in [-0.4, -0.2) is 32.3 Å². The number of hydrogen-bond donors (Lipinski definition) is 1. The number of nitrogens with one attached hydrogen (secondary N) is 1. The average Bonchev–Trinajstić information content (AvgIpc) is 2.91. The first-order valence-corrected chi connectivity index (χ1v) is 10.1. The van der Waals surface area contributed by atoms with E-state index in [2.05, 4.69) is 9.88 Å². The molecular formula is C20H28N4O. The van der Waals surface area contributed by atoms with E-state index in [0.29, 0.717) is 6.04 Å². The molecule has 5 heteroatoms. The Balaban J connectivity index is 1.69. The van der Waals surface area contributed by atoms with Crippen molar-refractivity contribution in [2.24, 2.45) is 7.05 Å². The van der Waals surface area contributed by atoms with Crippen LogP contribution in [0.4, 0.5) is 0 Å². The van der Waals surface area contributed by atoms with Gasteiger partial charge in [-0.25, -0.2) is 0 Å². The predicted octanol–water partition coefficient (Wildman–Crippen LogP) is 3.22. The number of likely N-dealkylation sites (tertiary alicyclic amines) is 1. The van der Waals surface area contributed by atoms with Crippen molar-refractivity contribution in [3.05, 3.63) is 27.2 Å². The lowest BCUT2D eigenvalue weighted by Crippen LogP contribution is -2.45. The molecule has 1 saturated heterocycles. The Morgan fingerprint density at radius 2 is 1.80 bits per heavy atom. The van der Waals surface area contributed by atoms with Crippen molar-refractivity contribution in [1.29, 1.82) is 0 Å². The van der Waals surface area contributed by atoms with Crippen molar-refractivity contribution in [2.45, 2.75) is 76.3 Å². The molecule has 1 aliphatic heterocycles. The molecule has 5 rings (SSSR count). The van der Waals surface area contributed by atoms with E-state index in [4.69, 9.17) is 5.10 Å². The number of rotatable bonds is 2. The Bertz CT molecular complexity index is 861. The monoisotopic (exact) mass is 340 g/mol. The zero-order chi connectivity index (χ0) is 17.0. The lowest BCUT2D eigenvalue weighted by Gasteiger charge is -2.44. The van der Waals surface area contributed by atoms with Gasteiger partial charge < -0.3 is 4.98 Å². The summed E-state index contributed by atoms with van der Waals surface area (Å²) in [5, 5.41) is 6.23. The van der Waals surface area contributed by atoms with Crippen molar-refractivity contribution >= 4 is 11.0 Å². The van der Waals surface area contributed by atoms with Crippen molar-refractivity contribution in [1.82, 2.24) is 19.7 Å². The first-order valence-electron chi connectivity index (χ1n) is 10.1. The number of pyridine rings is 1. The smallest absolute Gasteiger partial charge is 0.253 e. The van der Waals surface area contributed by atoms with Crippen LogP contribution in [0.2, 0.25) is 0 Å². The molecular weight excluding hydrogens is 312 g/mol. The molecule has 0 unspecified atom stereocenters. The van der Waals surface area contributed by atoms with Crippen LogP contribution in [0.1, 0.15) is 74.2 Å². The molecule has 0 bridgehead atoms. The van der Waals surface area contributed by atoms with Crippen molar-refractivity contribution < 1.29 is 0 Å². The molecule has 3 heterocycles. The topological polar surface area (TPSA) is 53.9 Å². The molecule has 5 nitrogen and oxygen atoms in total. The number of aromatic amines is 1. The first kappa shape index (κ1) is 15.6. The van der Waals surface area contributed by atoms with Gasteiger partial charge in [-0.1, -0.05) is 12.8 Å². The van der Waals surface area contributed by atoms with Gasteiger partial charge in [-0.2, -0.15) is 5.10 Å². The standard InChI is InChI=1S/C20H28N4O/c1-23-19-17(14-9-2-3-10-15(14)20(25)21-19)18(22-23)16-11-4-5-12-24(16)13-7-6-8-13/h13,16H,2-12H2,1H3,(H,21,25)/t16-/m0/s1. The summed E-state index contributed by atoms with van der Waals surface area (Å²) >= 11 is 0. The third-order valence-electron chi connectivity index (χ3n) is 6.75. The highest BCUT2D eigenvalue weighted by molar-refractivity contribution is 5.84. The number of aryl methyl sites for hydroxylation is 2. The van der Waals surface area contributed by atoms with Crippen molar-refractivity contribution in [3.63, 3.8) is 0 Å². The predicted molar refractivity (Wildman–Crippen MR) is 98.9 cm³/mol. The van der Waals surface area contributed by atoms with Crippen LogP contribution in [0.15, 0.2) is 4.79 Å². The minimum Gasteiger partial charge on any atom is -0.307 e. The first-order chi connectivity index (χ1) is 12.2. The van der Waals surface area contributed by atoms with Gasteiger partial charge in [-0.3, -0.25) is 14.4 Å². The van der Waals surface area contributed by atoms with Crippen LogP contribution < -0.4 is 5.56 Å². The van der Waals surface area contributed by atoms with Crippen molar-refractivity contribution in [2.75, 3.05) is 6.54 Å². The fourth-order valence-corrected chi connectivity index (χ4v) is 5.24. The van der Waals surface area contributed by atoms with Gasteiger partial charge >= 0.3 is 0 Å². The van der Waals surface area contributed by atoms with E-state index in [1.165, 1.54) is 68.1 Å². The van der Waals surface area contributed by atoms with Gasteiger partial charge in [0.1, 0.15) is 5.65 Å². The SMILES string of the molecule is Cn1nc([C@@H]2CCCCN2C2CCC2)c2c3c(c(=O)[nH]c21)CCCC3. The molecule has 134 valence electrons. The molecule has 1 N–H and O–H groups in total. The van der Waals surface area contributed by atoms with Gasteiger partial charge in [0.15, 0.2) is 0 Å². The molecule has 0 spiro atoms. The van der Waals surface area contributed by atoms with Crippen LogP contribution in [0.3, 0.4) is 0 Å². The summed E-state index contributed by atoms with van der Waals surface area (Å²) in [7, 11) is 1.98. The van der Waals surface area contributed by atoms with Gasteiger partial charge in [0, 0.05) is 24.0 Å². The number of piperidine rings is 1. The number of aromatic nitrogens is 3. The van der Waals surface area contributed by atoms with Gasteiger partial charge in [0.05, 0.1) is 11.7 Å². The lowest BCUT2D eigenvalue weighted by molar-refractivity contribution is 0.0495. The lowest BCUT2D eigenvalue weighted by atomic mass is 9.85. The van der Waals surface area contributed by atoms with Gasteiger partial charge in [-0.15, -0.1) is 0 Å². The summed E-state index contributed by atoms with van der Waals surface area (Å²) in [6.07, 6.45) is 12.1. The average molecular weight is 340 g/mol. The number of fused-ring (bicyclic) bond motifs is 3. The van der Waals surface area contributed by atoms with E-state index in [-0.39, 0.29) is 5.56 Å². The molecule has 2 aliphatic carbocycles. The highest BCUT2D eigenvalue weighted by Crippen LogP contribution is 2.41. The molecule has 2 fully saturated rings. The second kappa shape index (κ2) is 5.97. The van der Waals surface area contributed by atoms with E-state index in [1.807, 2.05) is 11.7 Å². The summed E-state index contributed by atoms with van der Waals surface area (Å²) in [6.45, 7) is 1.21. The highest BCUT2D eigenvalue weighted by atomic mass is 16.1. The zero-order valence-corrected chi connectivity index (χ0v) is 15.2. The van der Waals surface area contributed by atoms with Gasteiger partial charge in [-0.05, 0) is 63.5 Å². The van der Waals surface area contributed by atoms with Crippen LogP contribution in [0.25, 0.3) is 11.0 Å². The molecule has 2 aromatic heterocycles. The molecule has 0 radical (unpaired) electrons. The van der Waals surface area contributed by atoms with Gasteiger partial charge in [0.25, 0.3) is 5.56 Å². The molecule has 1 saturated carbocycles. The fraction of sp³-hybridized carbons (Fsp3) is 0.700. The minimum atomic E-state index is 0.108. The Kier molecular flexibility index (Phi) is 3.73. The second-order valence-electron chi connectivity index (χ2n) is 8.18. The van der Waals surface area contributed by atoms with E-state index in [1.54, 1.807) is 0 Å². The normalized spacial score (nSPS) is 25.1. The summed E-state index contributed by atoms with van der Waals surface area (Å²) in [5.74, 6) is 0. The Morgan fingerprint density at radius 3 is 2.56 bits per heavy atom. The van der Waals surface area contributed by atoms with Crippen LogP contribution in [0, 0.1) is 0 Å². The zero-order valence-electron chi connectivity index (χ0n) is 15.2. The Hall–Kier alpha value is -1.62. The third kappa shape index (κ3) is 2.39. The summed E-state index contributed by atoms with van der Waals surface area (Å²) in [6, 6.07) is 1.18. The highest BCUT2D eigenvalue weighted by Gasteiger charge is 2.36. The number of H-pyrrole nitrogens is 1. The minimum absolute atomic E-state index is 0.108. The largest absolute Gasteiger partial charge is 0.307 e. The number of hydrogen-bond acceptors (Lipinski definition) is 3. The van der Waals surface area contributed by atoms with Crippen LogP contribution in [0.5, 0.6) is 0 Å². The second-order valence-corrected chi connectivity index (χ2v) is 8.18.